The van der Waals surface area contributed by atoms with E-state index in [-0.39, 0.29) is 5.97 Å². The first kappa shape index (κ1) is 16.0. The second kappa shape index (κ2) is 7.56. The van der Waals surface area contributed by atoms with E-state index in [1.165, 1.54) is 11.3 Å². The molecule has 0 fully saturated rings. The van der Waals surface area contributed by atoms with Gasteiger partial charge in [-0.25, -0.2) is 4.98 Å². The Balaban J connectivity index is 1.95. The Morgan fingerprint density at radius 3 is 3.00 bits per heavy atom. The minimum absolute atomic E-state index is 0.177. The Kier molecular flexibility index (Phi) is 5.76. The van der Waals surface area contributed by atoms with Gasteiger partial charge in [-0.05, 0) is 37.6 Å². The molecule has 0 amide bonds. The predicted molar refractivity (Wildman–Crippen MR) is 89.2 cm³/mol. The highest BCUT2D eigenvalue weighted by molar-refractivity contribution is 9.10. The Morgan fingerprint density at radius 1 is 1.48 bits per heavy atom. The number of aryl methyl sites for hydroxylation is 2. The first-order valence-electron chi connectivity index (χ1n) is 6.71. The number of carbonyl (C=O) groups is 1. The molecule has 0 saturated heterocycles. The van der Waals surface area contributed by atoms with Gasteiger partial charge in [-0.1, -0.05) is 15.9 Å². The van der Waals surface area contributed by atoms with Crippen LogP contribution in [0.4, 0.5) is 10.8 Å². The Morgan fingerprint density at radius 2 is 2.29 bits per heavy atom. The number of nitrogens with one attached hydrogen (secondary N) is 1. The van der Waals surface area contributed by atoms with Crippen molar-refractivity contribution >= 4 is 44.1 Å². The number of hydrogen-bond donors (Lipinski definition) is 1. The van der Waals surface area contributed by atoms with E-state index in [9.17, 15) is 4.79 Å². The molecule has 2 aromatic rings. The Hall–Kier alpha value is -1.40. The SMILES string of the molecule is CCOC(=O)CCc1csc(Nc2ccc(Br)cc2C)n1. The molecule has 0 bridgehead atoms. The van der Waals surface area contributed by atoms with Crippen molar-refractivity contribution in [1.82, 2.24) is 4.98 Å². The molecular weight excluding hydrogens is 352 g/mol. The molecule has 6 heteroatoms. The first-order chi connectivity index (χ1) is 10.1. The number of carbonyl (C=O) groups excluding carboxylic acids is 1. The maximum absolute atomic E-state index is 11.3. The van der Waals surface area contributed by atoms with Crippen LogP contribution < -0.4 is 5.32 Å². The number of rotatable bonds is 6. The lowest BCUT2D eigenvalue weighted by Gasteiger charge is -2.06. The molecular formula is C15H17BrN2O2S. The van der Waals surface area contributed by atoms with Gasteiger partial charge >= 0.3 is 5.97 Å². The van der Waals surface area contributed by atoms with E-state index in [1.807, 2.05) is 31.4 Å². The van der Waals surface area contributed by atoms with Gasteiger partial charge in [0.25, 0.3) is 0 Å². The zero-order valence-electron chi connectivity index (χ0n) is 12.0. The summed E-state index contributed by atoms with van der Waals surface area (Å²) in [6.07, 6.45) is 0.977. The second-order valence-corrected chi connectivity index (χ2v) is 6.31. The van der Waals surface area contributed by atoms with Gasteiger partial charge in [0.05, 0.1) is 18.7 Å². The van der Waals surface area contributed by atoms with Crippen LogP contribution in [0, 0.1) is 6.92 Å². The Bertz CT molecular complexity index is 628. The third kappa shape index (κ3) is 4.82. The van der Waals surface area contributed by atoms with Crippen molar-refractivity contribution < 1.29 is 9.53 Å². The van der Waals surface area contributed by atoms with Gasteiger partial charge in [0.1, 0.15) is 0 Å². The van der Waals surface area contributed by atoms with Crippen LogP contribution in [0.15, 0.2) is 28.1 Å². The van der Waals surface area contributed by atoms with E-state index in [0.29, 0.717) is 19.4 Å². The highest BCUT2D eigenvalue weighted by Gasteiger charge is 2.07. The number of hydrogen-bond acceptors (Lipinski definition) is 5. The van der Waals surface area contributed by atoms with Crippen molar-refractivity contribution in [2.45, 2.75) is 26.7 Å². The molecule has 1 heterocycles. The van der Waals surface area contributed by atoms with Crippen molar-refractivity contribution in [3.05, 3.63) is 39.3 Å². The molecule has 0 spiro atoms. The summed E-state index contributed by atoms with van der Waals surface area (Å²) in [4.78, 5) is 15.8. The summed E-state index contributed by atoms with van der Waals surface area (Å²) < 4.78 is 5.96. The summed E-state index contributed by atoms with van der Waals surface area (Å²) in [6, 6.07) is 6.06. The van der Waals surface area contributed by atoms with Gasteiger partial charge in [0, 0.05) is 22.0 Å². The van der Waals surface area contributed by atoms with Crippen LogP contribution in [0.1, 0.15) is 24.6 Å². The molecule has 0 aliphatic carbocycles. The first-order valence-corrected chi connectivity index (χ1v) is 8.39. The van der Waals surface area contributed by atoms with E-state index in [1.54, 1.807) is 0 Å². The van der Waals surface area contributed by atoms with Crippen molar-refractivity contribution in [2.75, 3.05) is 11.9 Å². The zero-order valence-corrected chi connectivity index (χ0v) is 14.4. The van der Waals surface area contributed by atoms with Gasteiger partial charge in [-0.2, -0.15) is 0 Å². The van der Waals surface area contributed by atoms with Crippen molar-refractivity contribution in [2.24, 2.45) is 0 Å². The lowest BCUT2D eigenvalue weighted by Crippen LogP contribution is -2.05. The summed E-state index contributed by atoms with van der Waals surface area (Å²) in [7, 11) is 0. The minimum Gasteiger partial charge on any atom is -0.466 e. The number of anilines is 2. The van der Waals surface area contributed by atoms with Crippen LogP contribution in [-0.2, 0) is 16.0 Å². The molecule has 0 saturated carbocycles. The zero-order chi connectivity index (χ0) is 15.2. The number of benzene rings is 1. The largest absolute Gasteiger partial charge is 0.466 e. The van der Waals surface area contributed by atoms with Gasteiger partial charge in [0.2, 0.25) is 0 Å². The van der Waals surface area contributed by atoms with E-state index in [0.717, 1.165) is 26.5 Å². The van der Waals surface area contributed by atoms with Crippen LogP contribution in [0.2, 0.25) is 0 Å². The molecule has 1 aromatic carbocycles. The maximum atomic E-state index is 11.3. The van der Waals surface area contributed by atoms with E-state index in [2.05, 4.69) is 32.3 Å². The van der Waals surface area contributed by atoms with E-state index >= 15 is 0 Å². The average molecular weight is 369 g/mol. The van der Waals surface area contributed by atoms with Crippen LogP contribution >= 0.6 is 27.3 Å². The molecule has 21 heavy (non-hydrogen) atoms. The quantitative estimate of drug-likeness (QED) is 0.765. The van der Waals surface area contributed by atoms with E-state index in [4.69, 9.17) is 4.74 Å². The second-order valence-electron chi connectivity index (χ2n) is 4.53. The predicted octanol–water partition coefficient (Wildman–Crippen LogP) is 4.45. The monoisotopic (exact) mass is 368 g/mol. The summed E-state index contributed by atoms with van der Waals surface area (Å²) in [5.74, 6) is -0.177. The van der Waals surface area contributed by atoms with Gasteiger partial charge in [-0.15, -0.1) is 11.3 Å². The number of ether oxygens (including phenoxy) is 1. The maximum Gasteiger partial charge on any atom is 0.306 e. The fourth-order valence-electron chi connectivity index (χ4n) is 1.83. The third-order valence-corrected chi connectivity index (χ3v) is 4.17. The highest BCUT2D eigenvalue weighted by atomic mass is 79.9. The molecule has 0 aliphatic rings. The molecule has 0 atom stereocenters. The number of nitrogens with zero attached hydrogens (tertiary/aromatic N) is 1. The van der Waals surface area contributed by atoms with Crippen LogP contribution in [-0.4, -0.2) is 17.6 Å². The van der Waals surface area contributed by atoms with Crippen molar-refractivity contribution in [3.8, 4) is 0 Å². The van der Waals surface area contributed by atoms with Crippen molar-refractivity contribution in [1.29, 1.82) is 0 Å². The van der Waals surface area contributed by atoms with Gasteiger partial charge < -0.3 is 10.1 Å². The third-order valence-electron chi connectivity index (χ3n) is 2.87. The smallest absolute Gasteiger partial charge is 0.306 e. The fourth-order valence-corrected chi connectivity index (χ4v) is 3.06. The molecule has 4 nitrogen and oxygen atoms in total. The lowest BCUT2D eigenvalue weighted by atomic mass is 10.2. The average Bonchev–Trinajstić information content (AvgIpc) is 2.88. The highest BCUT2D eigenvalue weighted by Crippen LogP contribution is 2.26. The molecule has 0 radical (unpaired) electrons. The summed E-state index contributed by atoms with van der Waals surface area (Å²) in [6.45, 7) is 4.28. The van der Waals surface area contributed by atoms with Crippen LogP contribution in [0.5, 0.6) is 0 Å². The summed E-state index contributed by atoms with van der Waals surface area (Å²) >= 11 is 4.98. The van der Waals surface area contributed by atoms with Gasteiger partial charge in [0.15, 0.2) is 5.13 Å². The molecule has 112 valence electrons. The lowest BCUT2D eigenvalue weighted by molar-refractivity contribution is -0.143. The Labute approximate surface area is 136 Å². The molecule has 1 aromatic heterocycles. The van der Waals surface area contributed by atoms with Gasteiger partial charge in [-0.3, -0.25) is 4.79 Å². The summed E-state index contributed by atoms with van der Waals surface area (Å²) in [5.41, 5.74) is 3.09. The molecule has 0 unspecified atom stereocenters. The number of aromatic nitrogens is 1. The minimum atomic E-state index is -0.177. The van der Waals surface area contributed by atoms with Crippen molar-refractivity contribution in [3.63, 3.8) is 0 Å². The fraction of sp³-hybridized carbons (Fsp3) is 0.333. The molecule has 0 aliphatic heterocycles. The standard InChI is InChI=1S/C15H17BrN2O2S/c1-3-20-14(19)7-5-12-9-21-15(17-12)18-13-6-4-11(16)8-10(13)2/h4,6,8-9H,3,5,7H2,1-2H3,(H,17,18). The number of esters is 1. The number of thiazole rings is 1. The summed E-state index contributed by atoms with van der Waals surface area (Å²) in [5, 5.41) is 6.10. The number of halogens is 1. The van der Waals surface area contributed by atoms with Crippen LogP contribution in [0.3, 0.4) is 0 Å². The molecule has 2 rings (SSSR count). The normalized spacial score (nSPS) is 10.4. The van der Waals surface area contributed by atoms with Crippen LogP contribution in [0.25, 0.3) is 0 Å². The van der Waals surface area contributed by atoms with E-state index < -0.39 is 0 Å². The topological polar surface area (TPSA) is 51.2 Å². The molecule has 1 N–H and O–H groups in total.